The molecule has 0 bridgehead atoms. The van der Waals surface area contributed by atoms with Crippen LogP contribution in [0.1, 0.15) is 10.4 Å². The van der Waals surface area contributed by atoms with E-state index in [2.05, 4.69) is 14.1 Å². The maximum absolute atomic E-state index is 12.3. The number of non-ortho nitro benzene ring substituents is 2. The maximum Gasteiger partial charge on any atom is 0.277 e. The van der Waals surface area contributed by atoms with Crippen LogP contribution in [-0.4, -0.2) is 24.5 Å². The molecule has 1 aromatic heterocycles. The van der Waals surface area contributed by atoms with Gasteiger partial charge in [-0.25, -0.2) is 0 Å². The monoisotopic (exact) mass is 345 g/mol. The predicted molar refractivity (Wildman–Crippen MR) is 85.1 cm³/mol. The zero-order valence-electron chi connectivity index (χ0n) is 11.7. The number of nitro groups is 2. The van der Waals surface area contributed by atoms with Crippen molar-refractivity contribution < 1.29 is 14.6 Å². The van der Waals surface area contributed by atoms with Crippen molar-refractivity contribution >= 4 is 45.7 Å². The first-order valence-electron chi connectivity index (χ1n) is 6.42. The molecule has 3 aromatic rings. The van der Waals surface area contributed by atoms with Crippen molar-refractivity contribution in [3.63, 3.8) is 0 Å². The first-order chi connectivity index (χ1) is 11.5. The van der Waals surface area contributed by atoms with Crippen LogP contribution in [0.5, 0.6) is 0 Å². The van der Waals surface area contributed by atoms with Gasteiger partial charge >= 0.3 is 0 Å². The Hall–Kier alpha value is -3.47. The fourth-order valence-corrected chi connectivity index (χ4v) is 2.59. The van der Waals surface area contributed by atoms with Gasteiger partial charge in [-0.3, -0.25) is 25.0 Å². The number of hydrogen-bond acceptors (Lipinski definition) is 8. The highest BCUT2D eigenvalue weighted by Gasteiger charge is 2.20. The molecular weight excluding hydrogens is 338 g/mol. The molecule has 120 valence electrons. The highest BCUT2D eigenvalue weighted by molar-refractivity contribution is 7.00. The van der Waals surface area contributed by atoms with Gasteiger partial charge in [0.25, 0.3) is 17.3 Å². The van der Waals surface area contributed by atoms with Crippen LogP contribution in [0.15, 0.2) is 36.4 Å². The molecule has 0 aliphatic carbocycles. The lowest BCUT2D eigenvalue weighted by Crippen LogP contribution is -2.13. The van der Waals surface area contributed by atoms with Crippen LogP contribution in [0.25, 0.3) is 11.0 Å². The van der Waals surface area contributed by atoms with Crippen LogP contribution >= 0.6 is 11.7 Å². The lowest BCUT2D eigenvalue weighted by Gasteiger charge is -2.05. The van der Waals surface area contributed by atoms with Gasteiger partial charge in [0.1, 0.15) is 11.0 Å². The third kappa shape index (κ3) is 2.87. The van der Waals surface area contributed by atoms with E-state index in [1.54, 1.807) is 18.2 Å². The lowest BCUT2D eigenvalue weighted by atomic mass is 10.1. The van der Waals surface area contributed by atoms with E-state index in [1.807, 2.05) is 0 Å². The standard InChI is InChI=1S/C13H7N5O5S/c19-13(14-10-2-1-3-11-12(10)16-24-15-11)7-4-8(17(20)21)6-9(5-7)18(22)23/h1-6H,(H,14,19). The molecule has 24 heavy (non-hydrogen) atoms. The number of rotatable bonds is 4. The topological polar surface area (TPSA) is 141 Å². The molecule has 1 amide bonds. The SMILES string of the molecule is O=C(Nc1cccc2nsnc12)c1cc([N+](=O)[O-])cc([N+](=O)[O-])c1. The van der Waals surface area contributed by atoms with E-state index in [4.69, 9.17) is 0 Å². The minimum atomic E-state index is -0.797. The van der Waals surface area contributed by atoms with Crippen molar-refractivity contribution in [2.45, 2.75) is 0 Å². The molecule has 0 aliphatic heterocycles. The van der Waals surface area contributed by atoms with Crippen LogP contribution in [-0.2, 0) is 0 Å². The van der Waals surface area contributed by atoms with E-state index >= 15 is 0 Å². The van der Waals surface area contributed by atoms with Gasteiger partial charge in [-0.05, 0) is 12.1 Å². The molecular formula is C13H7N5O5S. The number of benzene rings is 2. The highest BCUT2D eigenvalue weighted by Crippen LogP contribution is 2.25. The summed E-state index contributed by atoms with van der Waals surface area (Å²) in [4.78, 5) is 32.5. The number of nitrogens with one attached hydrogen (secondary N) is 1. The van der Waals surface area contributed by atoms with Gasteiger partial charge < -0.3 is 5.32 Å². The van der Waals surface area contributed by atoms with Crippen LogP contribution in [0.4, 0.5) is 17.1 Å². The molecule has 0 aliphatic rings. The molecule has 0 unspecified atom stereocenters. The Balaban J connectivity index is 1.99. The smallest absolute Gasteiger partial charge is 0.277 e. The average molecular weight is 345 g/mol. The van der Waals surface area contributed by atoms with E-state index < -0.39 is 27.1 Å². The van der Waals surface area contributed by atoms with Gasteiger partial charge in [0, 0.05) is 12.1 Å². The number of amides is 1. The number of aromatic nitrogens is 2. The lowest BCUT2D eigenvalue weighted by molar-refractivity contribution is -0.394. The summed E-state index contributed by atoms with van der Waals surface area (Å²) in [5, 5.41) is 24.3. The van der Waals surface area contributed by atoms with Crippen LogP contribution in [0, 0.1) is 20.2 Å². The minimum absolute atomic E-state index is 0.198. The van der Waals surface area contributed by atoms with Gasteiger partial charge in [-0.1, -0.05) is 6.07 Å². The van der Waals surface area contributed by atoms with E-state index in [0.29, 0.717) is 16.7 Å². The number of fused-ring (bicyclic) bond motifs is 1. The molecule has 1 N–H and O–H groups in total. The molecule has 3 rings (SSSR count). The third-order valence-electron chi connectivity index (χ3n) is 3.12. The van der Waals surface area contributed by atoms with E-state index in [9.17, 15) is 25.0 Å². The summed E-state index contributed by atoms with van der Waals surface area (Å²) >= 11 is 0.973. The molecule has 10 nitrogen and oxygen atoms in total. The second-order valence-electron chi connectivity index (χ2n) is 4.64. The number of nitrogens with zero attached hydrogens (tertiary/aromatic N) is 4. The molecule has 0 saturated carbocycles. The van der Waals surface area contributed by atoms with Gasteiger partial charge in [0.2, 0.25) is 0 Å². The van der Waals surface area contributed by atoms with E-state index in [1.165, 1.54) is 0 Å². The summed E-state index contributed by atoms with van der Waals surface area (Å²) in [6.45, 7) is 0. The number of anilines is 1. The van der Waals surface area contributed by atoms with Crippen LogP contribution < -0.4 is 5.32 Å². The zero-order valence-corrected chi connectivity index (χ0v) is 12.5. The van der Waals surface area contributed by atoms with E-state index in [-0.39, 0.29) is 5.56 Å². The summed E-state index contributed by atoms with van der Waals surface area (Å²) in [5.74, 6) is -0.720. The van der Waals surface area contributed by atoms with Crippen molar-refractivity contribution in [2.24, 2.45) is 0 Å². The summed E-state index contributed by atoms with van der Waals surface area (Å²) in [7, 11) is 0. The highest BCUT2D eigenvalue weighted by atomic mass is 32.1. The summed E-state index contributed by atoms with van der Waals surface area (Å²) in [6, 6.07) is 7.71. The molecule has 11 heteroatoms. The molecule has 1 heterocycles. The quantitative estimate of drug-likeness (QED) is 0.566. The minimum Gasteiger partial charge on any atom is -0.320 e. The third-order valence-corrected chi connectivity index (χ3v) is 3.66. The summed E-state index contributed by atoms with van der Waals surface area (Å²) < 4.78 is 8.09. The largest absolute Gasteiger partial charge is 0.320 e. The van der Waals surface area contributed by atoms with Gasteiger partial charge in [-0.15, -0.1) is 0 Å². The Morgan fingerprint density at radius 3 is 2.33 bits per heavy atom. The fourth-order valence-electron chi connectivity index (χ4n) is 2.04. The Bertz CT molecular complexity index is 954. The summed E-state index contributed by atoms with van der Waals surface area (Å²) in [5.41, 5.74) is 0.140. The molecule has 0 spiro atoms. The van der Waals surface area contributed by atoms with Gasteiger partial charge in [0.15, 0.2) is 0 Å². The number of hydrogen-bond donors (Lipinski definition) is 1. The Labute approximate surface area is 137 Å². The first-order valence-corrected chi connectivity index (χ1v) is 7.15. The normalized spacial score (nSPS) is 10.5. The number of carbonyl (C=O) groups excluding carboxylic acids is 1. The van der Waals surface area contributed by atoms with E-state index in [0.717, 1.165) is 29.9 Å². The zero-order chi connectivity index (χ0) is 17.3. The van der Waals surface area contributed by atoms with Crippen molar-refractivity contribution in [1.29, 1.82) is 0 Å². The molecule has 0 atom stereocenters. The van der Waals surface area contributed by atoms with Gasteiger partial charge in [-0.2, -0.15) is 8.75 Å². The average Bonchev–Trinajstić information content (AvgIpc) is 3.04. The van der Waals surface area contributed by atoms with Crippen LogP contribution in [0.2, 0.25) is 0 Å². The summed E-state index contributed by atoms with van der Waals surface area (Å²) in [6.07, 6.45) is 0. The maximum atomic E-state index is 12.3. The molecule has 0 fully saturated rings. The second kappa shape index (κ2) is 5.96. The molecule has 2 aromatic carbocycles. The molecule has 0 saturated heterocycles. The molecule has 0 radical (unpaired) electrons. The van der Waals surface area contributed by atoms with Crippen molar-refractivity contribution in [1.82, 2.24) is 8.75 Å². The Morgan fingerprint density at radius 1 is 1.04 bits per heavy atom. The fraction of sp³-hybridized carbons (Fsp3) is 0. The first kappa shape index (κ1) is 15.4. The van der Waals surface area contributed by atoms with Crippen molar-refractivity contribution in [2.75, 3.05) is 5.32 Å². The van der Waals surface area contributed by atoms with Crippen LogP contribution in [0.3, 0.4) is 0 Å². The van der Waals surface area contributed by atoms with Gasteiger partial charge in [0.05, 0.1) is 38.9 Å². The van der Waals surface area contributed by atoms with Crippen molar-refractivity contribution in [3.05, 3.63) is 62.2 Å². The number of carbonyl (C=O) groups is 1. The van der Waals surface area contributed by atoms with Crippen molar-refractivity contribution in [3.8, 4) is 0 Å². The second-order valence-corrected chi connectivity index (χ2v) is 5.17. The predicted octanol–water partition coefficient (Wildman–Crippen LogP) is 2.76. The number of nitro benzene ring substituents is 2. The Morgan fingerprint density at radius 2 is 1.71 bits per heavy atom. The Kier molecular flexibility index (Phi) is 3.83.